The fraction of sp³-hybridized carbons (Fsp3) is 0.438. The van der Waals surface area contributed by atoms with Crippen molar-refractivity contribution in [3.05, 3.63) is 29.3 Å². The molecule has 0 spiro atoms. The molecule has 0 fully saturated rings. The van der Waals surface area contributed by atoms with Crippen LogP contribution in [-0.2, 0) is 4.79 Å². The van der Waals surface area contributed by atoms with Crippen LogP contribution in [0, 0.1) is 13.8 Å². The van der Waals surface area contributed by atoms with Gasteiger partial charge in [0, 0.05) is 11.7 Å². The summed E-state index contributed by atoms with van der Waals surface area (Å²) in [6.45, 7) is 8.21. The van der Waals surface area contributed by atoms with Crippen molar-refractivity contribution >= 4 is 39.8 Å². The lowest BCUT2D eigenvalue weighted by Gasteiger charge is -2.10. The lowest BCUT2D eigenvalue weighted by atomic mass is 10.1. The lowest BCUT2D eigenvalue weighted by molar-refractivity contribution is -0.119. The molecule has 1 heterocycles. The van der Waals surface area contributed by atoms with Crippen molar-refractivity contribution in [3.63, 3.8) is 0 Å². The van der Waals surface area contributed by atoms with Gasteiger partial charge in [-0.05, 0) is 44.4 Å². The van der Waals surface area contributed by atoms with Crippen molar-refractivity contribution in [3.8, 4) is 0 Å². The average Bonchev–Trinajstić information content (AvgIpc) is 2.97. The molecule has 1 amide bonds. The Kier molecular flexibility index (Phi) is 6.41. The largest absolute Gasteiger partial charge is 0.353 e. The summed E-state index contributed by atoms with van der Waals surface area (Å²) in [4.78, 5) is 11.8. The van der Waals surface area contributed by atoms with Gasteiger partial charge < -0.3 is 10.6 Å². The van der Waals surface area contributed by atoms with Crippen LogP contribution in [-0.4, -0.2) is 27.9 Å². The number of hydrogen-bond donors (Lipinski definition) is 2. The summed E-state index contributed by atoms with van der Waals surface area (Å²) in [5.41, 5.74) is 3.47. The first kappa shape index (κ1) is 17.7. The summed E-state index contributed by atoms with van der Waals surface area (Å²) in [6, 6.07) is 6.33. The molecule has 0 aliphatic rings. The molecule has 0 saturated carbocycles. The number of anilines is 2. The maximum atomic E-state index is 11.8. The van der Waals surface area contributed by atoms with Crippen molar-refractivity contribution < 1.29 is 4.79 Å². The molecular weight excluding hydrogens is 328 g/mol. The number of aromatic nitrogens is 2. The monoisotopic (exact) mass is 350 g/mol. The predicted octanol–water partition coefficient (Wildman–Crippen LogP) is 3.91. The molecule has 0 aliphatic heterocycles. The Balaban J connectivity index is 1.91. The van der Waals surface area contributed by atoms with Crippen LogP contribution in [0.2, 0.25) is 0 Å². The number of thioether (sulfide) groups is 1. The number of hydrogen-bond acceptors (Lipinski definition) is 6. The van der Waals surface area contributed by atoms with Crippen LogP contribution in [0.15, 0.2) is 22.5 Å². The maximum Gasteiger partial charge on any atom is 0.230 e. The van der Waals surface area contributed by atoms with Gasteiger partial charge in [-0.25, -0.2) is 0 Å². The summed E-state index contributed by atoms with van der Waals surface area (Å²) >= 11 is 2.87. The smallest absolute Gasteiger partial charge is 0.230 e. The van der Waals surface area contributed by atoms with Crippen LogP contribution in [0.3, 0.4) is 0 Å². The SMILES string of the molecule is CCC(C)NC(=O)CSc1nnc(Nc2cccc(C)c2C)s1. The van der Waals surface area contributed by atoms with Crippen LogP contribution >= 0.6 is 23.1 Å². The minimum Gasteiger partial charge on any atom is -0.353 e. The molecule has 2 N–H and O–H groups in total. The Morgan fingerprint density at radius 2 is 2.13 bits per heavy atom. The van der Waals surface area contributed by atoms with Gasteiger partial charge in [-0.3, -0.25) is 4.79 Å². The van der Waals surface area contributed by atoms with Crippen molar-refractivity contribution in [1.29, 1.82) is 0 Å². The number of aryl methyl sites for hydroxylation is 1. The number of nitrogens with zero attached hydrogens (tertiary/aromatic N) is 2. The zero-order chi connectivity index (χ0) is 16.8. The van der Waals surface area contributed by atoms with Crippen molar-refractivity contribution in [2.75, 3.05) is 11.1 Å². The van der Waals surface area contributed by atoms with Gasteiger partial charge in [-0.15, -0.1) is 10.2 Å². The summed E-state index contributed by atoms with van der Waals surface area (Å²) < 4.78 is 0.789. The molecule has 0 aliphatic carbocycles. The molecule has 124 valence electrons. The topological polar surface area (TPSA) is 66.9 Å². The van der Waals surface area contributed by atoms with Crippen molar-refractivity contribution in [1.82, 2.24) is 15.5 Å². The highest BCUT2D eigenvalue weighted by Gasteiger charge is 2.10. The molecule has 5 nitrogen and oxygen atoms in total. The second kappa shape index (κ2) is 8.31. The van der Waals surface area contributed by atoms with E-state index in [1.165, 1.54) is 34.2 Å². The maximum absolute atomic E-state index is 11.8. The van der Waals surface area contributed by atoms with Crippen LogP contribution < -0.4 is 10.6 Å². The molecule has 1 aromatic carbocycles. The first-order valence-corrected chi connectivity index (χ1v) is 9.38. The molecule has 0 saturated heterocycles. The fourth-order valence-corrected chi connectivity index (χ4v) is 3.44. The molecular formula is C16H22N4OS2. The zero-order valence-electron chi connectivity index (χ0n) is 13.8. The third-order valence-electron chi connectivity index (χ3n) is 3.60. The van der Waals surface area contributed by atoms with E-state index in [1.54, 1.807) is 0 Å². The third-order valence-corrected chi connectivity index (χ3v) is 5.57. The highest BCUT2D eigenvalue weighted by Crippen LogP contribution is 2.29. The summed E-state index contributed by atoms with van der Waals surface area (Å²) in [5.74, 6) is 0.395. The van der Waals surface area contributed by atoms with Gasteiger partial charge in [-0.2, -0.15) is 0 Å². The zero-order valence-corrected chi connectivity index (χ0v) is 15.5. The Labute approximate surface area is 145 Å². The highest BCUT2D eigenvalue weighted by molar-refractivity contribution is 8.01. The average molecular weight is 351 g/mol. The first-order chi connectivity index (χ1) is 11.0. The van der Waals surface area contributed by atoms with Gasteiger partial charge in [0.2, 0.25) is 11.0 Å². The van der Waals surface area contributed by atoms with Gasteiger partial charge in [0.1, 0.15) is 0 Å². The Hall–Kier alpha value is -1.60. The van der Waals surface area contributed by atoms with E-state index in [4.69, 9.17) is 0 Å². The number of nitrogens with one attached hydrogen (secondary N) is 2. The van der Waals surface area contributed by atoms with E-state index in [1.807, 2.05) is 26.0 Å². The molecule has 2 rings (SSSR count). The number of rotatable bonds is 7. The van der Waals surface area contributed by atoms with Crippen molar-refractivity contribution in [2.45, 2.75) is 44.5 Å². The second-order valence-corrected chi connectivity index (χ2v) is 7.61. The van der Waals surface area contributed by atoms with E-state index in [0.29, 0.717) is 5.75 Å². The minimum absolute atomic E-state index is 0.0311. The number of carbonyl (C=O) groups is 1. The molecule has 1 aromatic heterocycles. The Morgan fingerprint density at radius 1 is 1.35 bits per heavy atom. The number of amides is 1. The molecule has 0 bridgehead atoms. The molecule has 7 heteroatoms. The van der Waals surface area contributed by atoms with E-state index < -0.39 is 0 Å². The molecule has 1 atom stereocenters. The third kappa shape index (κ3) is 5.21. The first-order valence-electron chi connectivity index (χ1n) is 7.58. The van der Waals surface area contributed by atoms with Crippen LogP contribution in [0.25, 0.3) is 0 Å². The Bertz CT molecular complexity index is 672. The fourth-order valence-electron chi connectivity index (χ4n) is 1.87. The van der Waals surface area contributed by atoms with Gasteiger partial charge in [-0.1, -0.05) is 42.2 Å². The lowest BCUT2D eigenvalue weighted by Crippen LogP contribution is -2.33. The van der Waals surface area contributed by atoms with E-state index in [2.05, 4.69) is 40.7 Å². The van der Waals surface area contributed by atoms with Gasteiger partial charge >= 0.3 is 0 Å². The predicted molar refractivity (Wildman–Crippen MR) is 97.7 cm³/mol. The van der Waals surface area contributed by atoms with Crippen LogP contribution in [0.1, 0.15) is 31.4 Å². The molecule has 0 radical (unpaired) electrons. The Morgan fingerprint density at radius 3 is 2.87 bits per heavy atom. The van der Waals surface area contributed by atoms with E-state index in [0.717, 1.165) is 21.6 Å². The summed E-state index contributed by atoms with van der Waals surface area (Å²) in [6.07, 6.45) is 0.930. The number of benzene rings is 1. The van der Waals surface area contributed by atoms with E-state index in [9.17, 15) is 4.79 Å². The molecule has 1 unspecified atom stereocenters. The summed E-state index contributed by atoms with van der Waals surface area (Å²) in [7, 11) is 0. The van der Waals surface area contributed by atoms with E-state index >= 15 is 0 Å². The number of carbonyl (C=O) groups excluding carboxylic acids is 1. The van der Waals surface area contributed by atoms with Crippen LogP contribution in [0.4, 0.5) is 10.8 Å². The second-order valence-electron chi connectivity index (χ2n) is 5.41. The van der Waals surface area contributed by atoms with Crippen LogP contribution in [0.5, 0.6) is 0 Å². The quantitative estimate of drug-likeness (QED) is 0.741. The standard InChI is InChI=1S/C16H22N4OS2/c1-5-11(3)17-14(21)9-22-16-20-19-15(23-16)18-13-8-6-7-10(2)12(13)4/h6-8,11H,5,9H2,1-4H3,(H,17,21)(H,18,19). The van der Waals surface area contributed by atoms with E-state index in [-0.39, 0.29) is 11.9 Å². The minimum atomic E-state index is 0.0311. The molecule has 23 heavy (non-hydrogen) atoms. The van der Waals surface area contributed by atoms with Gasteiger partial charge in [0.25, 0.3) is 0 Å². The normalized spacial score (nSPS) is 12.0. The van der Waals surface area contributed by atoms with Gasteiger partial charge in [0.05, 0.1) is 5.75 Å². The van der Waals surface area contributed by atoms with Gasteiger partial charge in [0.15, 0.2) is 4.34 Å². The summed E-state index contributed by atoms with van der Waals surface area (Å²) in [5, 5.41) is 15.2. The molecule has 2 aromatic rings. The van der Waals surface area contributed by atoms with Crippen molar-refractivity contribution in [2.24, 2.45) is 0 Å². The highest BCUT2D eigenvalue weighted by atomic mass is 32.2.